The van der Waals surface area contributed by atoms with Crippen molar-refractivity contribution in [2.75, 3.05) is 5.32 Å². The Kier molecular flexibility index (Phi) is 3.52. The van der Waals surface area contributed by atoms with E-state index in [9.17, 15) is 9.59 Å². The van der Waals surface area contributed by atoms with Gasteiger partial charge in [-0.1, -0.05) is 12.1 Å². The molecular weight excluding hydrogens is 232 g/mol. The van der Waals surface area contributed by atoms with Gasteiger partial charge in [0.1, 0.15) is 0 Å². The lowest BCUT2D eigenvalue weighted by atomic mass is 10.1. The van der Waals surface area contributed by atoms with Crippen molar-refractivity contribution in [3.05, 3.63) is 36.7 Å². The van der Waals surface area contributed by atoms with E-state index in [1.54, 1.807) is 18.5 Å². The first-order valence-electron chi connectivity index (χ1n) is 5.51. The monoisotopic (exact) mass is 244 g/mol. The maximum absolute atomic E-state index is 11.6. The van der Waals surface area contributed by atoms with Crippen molar-refractivity contribution in [1.82, 2.24) is 4.98 Å². The number of anilines is 1. The van der Waals surface area contributed by atoms with Crippen molar-refractivity contribution in [3.8, 4) is 0 Å². The van der Waals surface area contributed by atoms with Gasteiger partial charge in [0.25, 0.3) is 0 Å². The van der Waals surface area contributed by atoms with Gasteiger partial charge in [0, 0.05) is 24.2 Å². The summed E-state index contributed by atoms with van der Waals surface area (Å²) < 4.78 is 0. The van der Waals surface area contributed by atoms with E-state index in [2.05, 4.69) is 10.3 Å². The number of carboxylic acids is 1. The molecule has 0 atom stereocenters. The Balaban J connectivity index is 2.16. The van der Waals surface area contributed by atoms with Crippen molar-refractivity contribution in [3.63, 3.8) is 0 Å². The highest BCUT2D eigenvalue weighted by atomic mass is 16.4. The van der Waals surface area contributed by atoms with Gasteiger partial charge in [-0.3, -0.25) is 14.6 Å². The molecule has 0 unspecified atom stereocenters. The summed E-state index contributed by atoms with van der Waals surface area (Å²) in [7, 11) is 0. The van der Waals surface area contributed by atoms with E-state index in [1.165, 1.54) is 0 Å². The van der Waals surface area contributed by atoms with Gasteiger partial charge in [-0.15, -0.1) is 0 Å². The van der Waals surface area contributed by atoms with Crippen molar-refractivity contribution in [2.24, 2.45) is 0 Å². The fourth-order valence-electron chi connectivity index (χ4n) is 1.66. The summed E-state index contributed by atoms with van der Waals surface area (Å²) in [5.74, 6) is -1.29. The number of benzene rings is 1. The van der Waals surface area contributed by atoms with Crippen LogP contribution in [-0.2, 0) is 9.59 Å². The predicted molar refractivity (Wildman–Crippen MR) is 67.2 cm³/mol. The molecule has 1 aromatic carbocycles. The van der Waals surface area contributed by atoms with E-state index in [0.717, 1.165) is 10.8 Å². The Labute approximate surface area is 103 Å². The summed E-state index contributed by atoms with van der Waals surface area (Å²) in [5, 5.41) is 13.0. The van der Waals surface area contributed by atoms with Crippen LogP contribution in [0, 0.1) is 0 Å². The molecule has 0 aliphatic carbocycles. The summed E-state index contributed by atoms with van der Waals surface area (Å²) in [6.07, 6.45) is 3.14. The van der Waals surface area contributed by atoms with Crippen LogP contribution in [0.5, 0.6) is 0 Å². The Morgan fingerprint density at radius 2 is 2.06 bits per heavy atom. The predicted octanol–water partition coefficient (Wildman–Crippen LogP) is 2.04. The van der Waals surface area contributed by atoms with Crippen molar-refractivity contribution >= 4 is 28.3 Å². The number of fused-ring (bicyclic) bond motifs is 1. The molecule has 5 heteroatoms. The molecule has 2 aromatic rings. The van der Waals surface area contributed by atoms with Gasteiger partial charge in [0.2, 0.25) is 5.91 Å². The maximum Gasteiger partial charge on any atom is 0.303 e. The van der Waals surface area contributed by atoms with Gasteiger partial charge in [0.15, 0.2) is 0 Å². The number of pyridine rings is 1. The van der Waals surface area contributed by atoms with Crippen LogP contribution in [0.15, 0.2) is 36.7 Å². The third-order valence-corrected chi connectivity index (χ3v) is 2.52. The summed E-state index contributed by atoms with van der Waals surface area (Å²) in [5.41, 5.74) is 0.649. The molecule has 0 aliphatic heterocycles. The van der Waals surface area contributed by atoms with Crippen LogP contribution in [-0.4, -0.2) is 22.0 Å². The molecular formula is C13H12N2O3. The summed E-state index contributed by atoms with van der Waals surface area (Å²) in [6, 6.07) is 7.37. The van der Waals surface area contributed by atoms with Gasteiger partial charge >= 0.3 is 5.97 Å². The summed E-state index contributed by atoms with van der Waals surface area (Å²) in [6.45, 7) is 0. The molecule has 0 spiro atoms. The fourth-order valence-corrected chi connectivity index (χ4v) is 1.66. The van der Waals surface area contributed by atoms with Gasteiger partial charge in [-0.2, -0.15) is 0 Å². The molecule has 0 fully saturated rings. The SMILES string of the molecule is O=C(O)CCC(=O)Nc1cccc2ccncc12. The molecule has 0 aliphatic rings. The zero-order chi connectivity index (χ0) is 13.0. The first kappa shape index (κ1) is 12.0. The lowest BCUT2D eigenvalue weighted by molar-refractivity contribution is -0.138. The quantitative estimate of drug-likeness (QED) is 0.862. The number of nitrogens with zero attached hydrogens (tertiary/aromatic N) is 1. The minimum atomic E-state index is -0.982. The topological polar surface area (TPSA) is 79.3 Å². The van der Waals surface area contributed by atoms with E-state index in [0.29, 0.717) is 5.69 Å². The smallest absolute Gasteiger partial charge is 0.303 e. The van der Waals surface area contributed by atoms with E-state index in [4.69, 9.17) is 5.11 Å². The second-order valence-corrected chi connectivity index (χ2v) is 3.84. The Morgan fingerprint density at radius 3 is 2.83 bits per heavy atom. The molecule has 0 saturated heterocycles. The zero-order valence-electron chi connectivity index (χ0n) is 9.59. The average Bonchev–Trinajstić information content (AvgIpc) is 2.37. The van der Waals surface area contributed by atoms with Gasteiger partial charge < -0.3 is 10.4 Å². The van der Waals surface area contributed by atoms with Crippen LogP contribution in [0.1, 0.15) is 12.8 Å². The third-order valence-electron chi connectivity index (χ3n) is 2.52. The summed E-state index contributed by atoms with van der Waals surface area (Å²) in [4.78, 5) is 26.0. The van der Waals surface area contributed by atoms with Crippen LogP contribution in [0.2, 0.25) is 0 Å². The van der Waals surface area contributed by atoms with Crippen LogP contribution in [0.4, 0.5) is 5.69 Å². The molecule has 0 saturated carbocycles. The number of rotatable bonds is 4. The van der Waals surface area contributed by atoms with Crippen molar-refractivity contribution in [1.29, 1.82) is 0 Å². The Hall–Kier alpha value is -2.43. The minimum Gasteiger partial charge on any atom is -0.481 e. The fraction of sp³-hybridized carbons (Fsp3) is 0.154. The molecule has 0 radical (unpaired) electrons. The lowest BCUT2D eigenvalue weighted by Gasteiger charge is -2.07. The lowest BCUT2D eigenvalue weighted by Crippen LogP contribution is -2.13. The highest BCUT2D eigenvalue weighted by Crippen LogP contribution is 2.22. The van der Waals surface area contributed by atoms with Crippen molar-refractivity contribution in [2.45, 2.75) is 12.8 Å². The molecule has 2 rings (SSSR count). The summed E-state index contributed by atoms with van der Waals surface area (Å²) >= 11 is 0. The highest BCUT2D eigenvalue weighted by molar-refractivity contribution is 6.02. The zero-order valence-corrected chi connectivity index (χ0v) is 9.59. The minimum absolute atomic E-state index is 0.0357. The number of carbonyl (C=O) groups is 2. The second-order valence-electron chi connectivity index (χ2n) is 3.84. The number of carbonyl (C=O) groups excluding carboxylic acids is 1. The van der Waals surface area contributed by atoms with Gasteiger partial charge in [-0.25, -0.2) is 0 Å². The van der Waals surface area contributed by atoms with Crippen molar-refractivity contribution < 1.29 is 14.7 Å². The van der Waals surface area contributed by atoms with Gasteiger partial charge in [0.05, 0.1) is 12.1 Å². The molecule has 2 N–H and O–H groups in total. The number of nitrogens with one attached hydrogen (secondary N) is 1. The Bertz CT molecular complexity index is 590. The maximum atomic E-state index is 11.6. The third kappa shape index (κ3) is 2.82. The largest absolute Gasteiger partial charge is 0.481 e. The standard InChI is InChI=1S/C13H12N2O3/c16-12(4-5-13(17)18)15-11-3-1-2-9-6-7-14-8-10(9)11/h1-3,6-8H,4-5H2,(H,15,16)(H,17,18). The number of hydrogen-bond acceptors (Lipinski definition) is 3. The van der Waals surface area contributed by atoms with E-state index >= 15 is 0 Å². The van der Waals surface area contributed by atoms with Gasteiger partial charge in [-0.05, 0) is 17.5 Å². The van der Waals surface area contributed by atoms with Crippen LogP contribution >= 0.6 is 0 Å². The molecule has 5 nitrogen and oxygen atoms in total. The number of carboxylic acid groups (broad SMARTS) is 1. The van der Waals surface area contributed by atoms with E-state index in [1.807, 2.05) is 18.2 Å². The molecule has 1 heterocycles. The first-order chi connectivity index (χ1) is 8.66. The molecule has 1 amide bonds. The number of hydrogen-bond donors (Lipinski definition) is 2. The highest BCUT2D eigenvalue weighted by Gasteiger charge is 2.07. The first-order valence-corrected chi connectivity index (χ1v) is 5.51. The van der Waals surface area contributed by atoms with E-state index < -0.39 is 5.97 Å². The molecule has 92 valence electrons. The van der Waals surface area contributed by atoms with E-state index in [-0.39, 0.29) is 18.7 Å². The second kappa shape index (κ2) is 5.27. The normalized spacial score (nSPS) is 10.2. The van der Waals surface area contributed by atoms with Crippen LogP contribution in [0.25, 0.3) is 10.8 Å². The Morgan fingerprint density at radius 1 is 1.22 bits per heavy atom. The van der Waals surface area contributed by atoms with Crippen LogP contribution in [0.3, 0.4) is 0 Å². The molecule has 1 aromatic heterocycles. The molecule has 18 heavy (non-hydrogen) atoms. The molecule has 0 bridgehead atoms. The van der Waals surface area contributed by atoms with Crippen LogP contribution < -0.4 is 5.32 Å². The number of aromatic nitrogens is 1. The number of aliphatic carboxylic acids is 1. The number of amides is 1. The average molecular weight is 244 g/mol.